The van der Waals surface area contributed by atoms with Crippen LogP contribution in [0.4, 0.5) is 0 Å². The minimum Gasteiger partial charge on any atom is -0.493 e. The maximum Gasteiger partial charge on any atom is 0.159 e. The highest BCUT2D eigenvalue weighted by Crippen LogP contribution is 2.13. The number of carbonyl (C=O) groups excluding carboxylic acids is 1. The Bertz CT molecular complexity index is 357. The van der Waals surface area contributed by atoms with Crippen molar-refractivity contribution in [1.29, 1.82) is 0 Å². The maximum atomic E-state index is 11.1. The SMILES string of the molecule is CC(=O)c1ccc(OCC(C)CN(C)C)cc1. The van der Waals surface area contributed by atoms with E-state index in [1.54, 1.807) is 19.1 Å². The molecule has 1 atom stereocenters. The van der Waals surface area contributed by atoms with Crippen LogP contribution in [0.15, 0.2) is 24.3 Å². The van der Waals surface area contributed by atoms with Crippen LogP contribution in [0.2, 0.25) is 0 Å². The standard InChI is InChI=1S/C14H21NO2/c1-11(9-15(3)4)10-17-14-7-5-13(6-8-14)12(2)16/h5-8,11H,9-10H2,1-4H3. The smallest absolute Gasteiger partial charge is 0.159 e. The van der Waals surface area contributed by atoms with Gasteiger partial charge in [-0.05, 0) is 45.3 Å². The van der Waals surface area contributed by atoms with E-state index >= 15 is 0 Å². The molecule has 94 valence electrons. The molecule has 0 bridgehead atoms. The van der Waals surface area contributed by atoms with Crippen molar-refractivity contribution in [1.82, 2.24) is 4.90 Å². The second kappa shape index (κ2) is 6.40. The second-order valence-electron chi connectivity index (χ2n) is 4.76. The van der Waals surface area contributed by atoms with Crippen LogP contribution in [0.3, 0.4) is 0 Å². The van der Waals surface area contributed by atoms with Gasteiger partial charge in [0.1, 0.15) is 5.75 Å². The van der Waals surface area contributed by atoms with Crippen molar-refractivity contribution in [2.75, 3.05) is 27.2 Å². The lowest BCUT2D eigenvalue weighted by molar-refractivity contribution is 0.101. The summed E-state index contributed by atoms with van der Waals surface area (Å²) in [6.45, 7) is 5.42. The van der Waals surface area contributed by atoms with Gasteiger partial charge in [-0.25, -0.2) is 0 Å². The van der Waals surface area contributed by atoms with Gasteiger partial charge in [0, 0.05) is 18.0 Å². The number of Topliss-reactive ketones (excluding diaryl/α,β-unsaturated/α-hetero) is 1. The van der Waals surface area contributed by atoms with Gasteiger partial charge in [0.15, 0.2) is 5.78 Å². The van der Waals surface area contributed by atoms with Crippen LogP contribution in [0, 0.1) is 5.92 Å². The van der Waals surface area contributed by atoms with Crippen molar-refractivity contribution in [2.24, 2.45) is 5.92 Å². The summed E-state index contributed by atoms with van der Waals surface area (Å²) in [6, 6.07) is 7.29. The average molecular weight is 235 g/mol. The number of ether oxygens (including phenoxy) is 1. The van der Waals surface area contributed by atoms with E-state index in [1.165, 1.54) is 0 Å². The Kier molecular flexibility index (Phi) is 5.16. The van der Waals surface area contributed by atoms with Gasteiger partial charge in [-0.3, -0.25) is 4.79 Å². The van der Waals surface area contributed by atoms with Crippen molar-refractivity contribution in [3.8, 4) is 5.75 Å². The third kappa shape index (κ3) is 5.00. The van der Waals surface area contributed by atoms with Crippen LogP contribution in [0.1, 0.15) is 24.2 Å². The summed E-state index contributed by atoms with van der Waals surface area (Å²) < 4.78 is 5.67. The highest BCUT2D eigenvalue weighted by Gasteiger charge is 2.05. The molecule has 17 heavy (non-hydrogen) atoms. The Hall–Kier alpha value is -1.35. The lowest BCUT2D eigenvalue weighted by atomic mass is 10.1. The number of carbonyl (C=O) groups is 1. The second-order valence-corrected chi connectivity index (χ2v) is 4.76. The van der Waals surface area contributed by atoms with E-state index in [2.05, 4.69) is 25.9 Å². The van der Waals surface area contributed by atoms with Crippen molar-refractivity contribution in [3.63, 3.8) is 0 Å². The largest absolute Gasteiger partial charge is 0.493 e. The zero-order valence-corrected chi connectivity index (χ0v) is 11.1. The monoisotopic (exact) mass is 235 g/mol. The van der Waals surface area contributed by atoms with E-state index in [0.717, 1.165) is 17.9 Å². The quantitative estimate of drug-likeness (QED) is 0.709. The number of nitrogens with zero attached hydrogens (tertiary/aromatic N) is 1. The van der Waals surface area contributed by atoms with Crippen LogP contribution in [0.5, 0.6) is 5.75 Å². The molecule has 0 heterocycles. The molecule has 0 N–H and O–H groups in total. The third-order valence-electron chi connectivity index (χ3n) is 2.47. The van der Waals surface area contributed by atoms with E-state index in [-0.39, 0.29) is 5.78 Å². The maximum absolute atomic E-state index is 11.1. The van der Waals surface area contributed by atoms with Crippen LogP contribution in [-0.4, -0.2) is 37.9 Å². The summed E-state index contributed by atoms with van der Waals surface area (Å²) in [5, 5.41) is 0. The molecule has 3 nitrogen and oxygen atoms in total. The van der Waals surface area contributed by atoms with E-state index < -0.39 is 0 Å². The van der Waals surface area contributed by atoms with Gasteiger partial charge in [-0.2, -0.15) is 0 Å². The summed E-state index contributed by atoms with van der Waals surface area (Å²) in [5.41, 5.74) is 0.721. The lowest BCUT2D eigenvalue weighted by Gasteiger charge is -2.17. The molecule has 0 saturated heterocycles. The average Bonchev–Trinajstić information content (AvgIpc) is 2.26. The van der Waals surface area contributed by atoms with Gasteiger partial charge >= 0.3 is 0 Å². The molecule has 0 amide bonds. The van der Waals surface area contributed by atoms with Gasteiger partial charge in [-0.15, -0.1) is 0 Å². The number of rotatable bonds is 6. The fourth-order valence-corrected chi connectivity index (χ4v) is 1.70. The zero-order valence-electron chi connectivity index (χ0n) is 11.1. The highest BCUT2D eigenvalue weighted by atomic mass is 16.5. The molecule has 0 fully saturated rings. The summed E-state index contributed by atoms with van der Waals surface area (Å²) in [6.07, 6.45) is 0. The molecule has 0 aromatic heterocycles. The third-order valence-corrected chi connectivity index (χ3v) is 2.47. The molecule has 0 spiro atoms. The summed E-state index contributed by atoms with van der Waals surface area (Å²) in [7, 11) is 4.11. The first-order chi connectivity index (χ1) is 7.99. The Morgan fingerprint density at radius 3 is 2.35 bits per heavy atom. The number of hydrogen-bond acceptors (Lipinski definition) is 3. The Balaban J connectivity index is 2.44. The van der Waals surface area contributed by atoms with E-state index in [9.17, 15) is 4.79 Å². The molecule has 1 unspecified atom stereocenters. The predicted molar refractivity (Wildman–Crippen MR) is 69.7 cm³/mol. The topological polar surface area (TPSA) is 29.5 Å². The normalized spacial score (nSPS) is 12.5. The van der Waals surface area contributed by atoms with Gasteiger partial charge in [0.25, 0.3) is 0 Å². The van der Waals surface area contributed by atoms with Crippen molar-refractivity contribution < 1.29 is 9.53 Å². The molecule has 1 aromatic carbocycles. The fourth-order valence-electron chi connectivity index (χ4n) is 1.70. The Morgan fingerprint density at radius 2 is 1.88 bits per heavy atom. The molecule has 0 aliphatic rings. The van der Waals surface area contributed by atoms with E-state index in [4.69, 9.17) is 4.74 Å². The van der Waals surface area contributed by atoms with E-state index in [0.29, 0.717) is 12.5 Å². The van der Waals surface area contributed by atoms with Gasteiger partial charge in [0.05, 0.1) is 6.61 Å². The predicted octanol–water partition coefficient (Wildman–Crippen LogP) is 2.47. The number of benzene rings is 1. The van der Waals surface area contributed by atoms with Gasteiger partial charge < -0.3 is 9.64 Å². The van der Waals surface area contributed by atoms with Gasteiger partial charge in [0.2, 0.25) is 0 Å². The molecule has 0 radical (unpaired) electrons. The van der Waals surface area contributed by atoms with Gasteiger partial charge in [-0.1, -0.05) is 6.92 Å². The zero-order chi connectivity index (χ0) is 12.8. The Morgan fingerprint density at radius 1 is 1.29 bits per heavy atom. The van der Waals surface area contributed by atoms with Crippen molar-refractivity contribution in [2.45, 2.75) is 13.8 Å². The molecular weight excluding hydrogens is 214 g/mol. The minimum absolute atomic E-state index is 0.0810. The van der Waals surface area contributed by atoms with Crippen molar-refractivity contribution in [3.05, 3.63) is 29.8 Å². The van der Waals surface area contributed by atoms with Crippen LogP contribution < -0.4 is 4.74 Å². The first kappa shape index (κ1) is 13.7. The van der Waals surface area contributed by atoms with Crippen molar-refractivity contribution >= 4 is 5.78 Å². The molecule has 0 aliphatic heterocycles. The molecule has 3 heteroatoms. The van der Waals surface area contributed by atoms with Crippen LogP contribution in [-0.2, 0) is 0 Å². The molecular formula is C14H21NO2. The van der Waals surface area contributed by atoms with E-state index in [1.807, 2.05) is 12.1 Å². The first-order valence-electron chi connectivity index (χ1n) is 5.87. The van der Waals surface area contributed by atoms with Crippen LogP contribution in [0.25, 0.3) is 0 Å². The molecule has 1 rings (SSSR count). The highest BCUT2D eigenvalue weighted by molar-refractivity contribution is 5.94. The summed E-state index contributed by atoms with van der Waals surface area (Å²) >= 11 is 0. The van der Waals surface area contributed by atoms with Crippen LogP contribution >= 0.6 is 0 Å². The molecule has 0 aliphatic carbocycles. The number of ketones is 1. The summed E-state index contributed by atoms with van der Waals surface area (Å²) in [4.78, 5) is 13.2. The number of hydrogen-bond donors (Lipinski definition) is 0. The molecule has 0 saturated carbocycles. The minimum atomic E-state index is 0.0810. The first-order valence-corrected chi connectivity index (χ1v) is 5.87. The Labute approximate surface area is 103 Å². The molecule has 1 aromatic rings. The summed E-state index contributed by atoms with van der Waals surface area (Å²) in [5.74, 6) is 1.38. The fraction of sp³-hybridized carbons (Fsp3) is 0.500. The lowest BCUT2D eigenvalue weighted by Crippen LogP contribution is -2.24.